The Balaban J connectivity index is 2.85. The van der Waals surface area contributed by atoms with Crippen LogP contribution in [0.3, 0.4) is 0 Å². The van der Waals surface area contributed by atoms with Crippen LogP contribution in [0, 0.1) is 11.3 Å². The van der Waals surface area contributed by atoms with Crippen LogP contribution in [0.1, 0.15) is 40.5 Å². The average molecular weight is 272 g/mol. The fourth-order valence-corrected chi connectivity index (χ4v) is 1.61. The van der Waals surface area contributed by atoms with E-state index < -0.39 is 35.3 Å². The minimum atomic E-state index is -1.57. The van der Waals surface area contributed by atoms with Crippen LogP contribution >= 0.6 is 0 Å². The summed E-state index contributed by atoms with van der Waals surface area (Å²) in [5, 5.41) is 9.18. The van der Waals surface area contributed by atoms with Gasteiger partial charge in [-0.25, -0.2) is 0 Å². The predicted molar refractivity (Wildman–Crippen MR) is 65.2 cm³/mol. The van der Waals surface area contributed by atoms with Gasteiger partial charge in [0.25, 0.3) is 0 Å². The number of aliphatic carboxylic acids is 1. The molecule has 0 spiro atoms. The van der Waals surface area contributed by atoms with E-state index in [-0.39, 0.29) is 6.10 Å². The molecule has 0 aromatic heterocycles. The molecule has 0 heterocycles. The van der Waals surface area contributed by atoms with Crippen molar-refractivity contribution in [2.45, 2.75) is 52.7 Å². The SMILES string of the molecule is CC(C)OC(=O)C(C(=O)O)C(C)(C)C(=O)OC1CC1. The molecule has 1 N–H and O–H groups in total. The second-order valence-electron chi connectivity index (χ2n) is 5.58. The summed E-state index contributed by atoms with van der Waals surface area (Å²) in [4.78, 5) is 35.1. The third-order valence-electron chi connectivity index (χ3n) is 2.88. The van der Waals surface area contributed by atoms with Crippen molar-refractivity contribution in [3.05, 3.63) is 0 Å². The van der Waals surface area contributed by atoms with Crippen LogP contribution in [0.2, 0.25) is 0 Å². The number of esters is 2. The summed E-state index contributed by atoms with van der Waals surface area (Å²) in [5.41, 5.74) is -1.46. The Kier molecular flexibility index (Phi) is 4.55. The summed E-state index contributed by atoms with van der Waals surface area (Å²) in [5.74, 6) is -4.55. The van der Waals surface area contributed by atoms with Crippen molar-refractivity contribution in [3.63, 3.8) is 0 Å². The number of rotatable bonds is 6. The molecule has 1 unspecified atom stereocenters. The molecule has 1 aliphatic rings. The van der Waals surface area contributed by atoms with Crippen molar-refractivity contribution in [1.29, 1.82) is 0 Å². The summed E-state index contributed by atoms with van der Waals surface area (Å²) in [6, 6.07) is 0. The highest BCUT2D eigenvalue weighted by Gasteiger charge is 2.49. The maximum atomic E-state index is 12.0. The molecule has 108 valence electrons. The van der Waals surface area contributed by atoms with Crippen molar-refractivity contribution in [3.8, 4) is 0 Å². The van der Waals surface area contributed by atoms with Gasteiger partial charge in [0.2, 0.25) is 0 Å². The highest BCUT2D eigenvalue weighted by Crippen LogP contribution is 2.34. The van der Waals surface area contributed by atoms with Crippen LogP contribution in [-0.2, 0) is 23.9 Å². The van der Waals surface area contributed by atoms with Crippen LogP contribution in [0.25, 0.3) is 0 Å². The highest BCUT2D eigenvalue weighted by molar-refractivity contribution is 5.99. The highest BCUT2D eigenvalue weighted by atomic mass is 16.6. The number of carbonyl (C=O) groups excluding carboxylic acids is 2. The second-order valence-corrected chi connectivity index (χ2v) is 5.58. The molecule has 19 heavy (non-hydrogen) atoms. The molecule has 1 saturated carbocycles. The Morgan fingerprint density at radius 3 is 2.11 bits per heavy atom. The minimum absolute atomic E-state index is 0.137. The van der Waals surface area contributed by atoms with Gasteiger partial charge in [-0.2, -0.15) is 0 Å². The van der Waals surface area contributed by atoms with Crippen molar-refractivity contribution in [1.82, 2.24) is 0 Å². The van der Waals surface area contributed by atoms with Crippen LogP contribution in [0.5, 0.6) is 0 Å². The first-order valence-electron chi connectivity index (χ1n) is 6.30. The molecule has 6 nitrogen and oxygen atoms in total. The van der Waals surface area contributed by atoms with E-state index in [9.17, 15) is 19.5 Å². The largest absolute Gasteiger partial charge is 0.481 e. The quantitative estimate of drug-likeness (QED) is 0.580. The predicted octanol–water partition coefficient (Wildman–Crippen LogP) is 1.37. The molecule has 1 rings (SSSR count). The standard InChI is InChI=1S/C13H20O6/c1-7(2)18-11(16)9(10(14)15)13(3,4)12(17)19-8-5-6-8/h7-9H,5-6H2,1-4H3,(H,14,15). The Morgan fingerprint density at radius 2 is 1.74 bits per heavy atom. The van der Waals surface area contributed by atoms with Gasteiger partial charge in [-0.05, 0) is 40.5 Å². The normalized spacial score (nSPS) is 16.9. The molecule has 0 saturated heterocycles. The first-order valence-corrected chi connectivity index (χ1v) is 6.30. The van der Waals surface area contributed by atoms with Gasteiger partial charge in [0.05, 0.1) is 11.5 Å². The third-order valence-corrected chi connectivity index (χ3v) is 2.88. The third kappa shape index (κ3) is 3.94. The van der Waals surface area contributed by atoms with Crippen LogP contribution in [0.4, 0.5) is 0 Å². The van der Waals surface area contributed by atoms with E-state index in [2.05, 4.69) is 0 Å². The zero-order valence-electron chi connectivity index (χ0n) is 11.6. The molecule has 0 radical (unpaired) electrons. The summed E-state index contributed by atoms with van der Waals surface area (Å²) in [6.07, 6.45) is 0.998. The smallest absolute Gasteiger partial charge is 0.321 e. The molecule has 1 aliphatic carbocycles. The van der Waals surface area contributed by atoms with Crippen molar-refractivity contribution >= 4 is 17.9 Å². The van der Waals surface area contributed by atoms with E-state index in [1.807, 2.05) is 0 Å². The van der Waals surface area contributed by atoms with E-state index in [1.54, 1.807) is 13.8 Å². The molecule has 0 aliphatic heterocycles. The van der Waals surface area contributed by atoms with Gasteiger partial charge in [-0.3, -0.25) is 14.4 Å². The lowest BCUT2D eigenvalue weighted by atomic mass is 9.78. The number of carboxylic acid groups (broad SMARTS) is 1. The number of hydrogen-bond acceptors (Lipinski definition) is 5. The topological polar surface area (TPSA) is 89.9 Å². The van der Waals surface area contributed by atoms with Gasteiger partial charge >= 0.3 is 17.9 Å². The maximum absolute atomic E-state index is 12.0. The van der Waals surface area contributed by atoms with Gasteiger partial charge in [-0.15, -0.1) is 0 Å². The van der Waals surface area contributed by atoms with Gasteiger partial charge < -0.3 is 14.6 Å². The summed E-state index contributed by atoms with van der Waals surface area (Å²) >= 11 is 0. The Morgan fingerprint density at radius 1 is 1.21 bits per heavy atom. The molecule has 1 fully saturated rings. The van der Waals surface area contributed by atoms with E-state index in [1.165, 1.54) is 13.8 Å². The molecule has 0 amide bonds. The molecule has 1 atom stereocenters. The average Bonchev–Trinajstić information content (AvgIpc) is 2.98. The van der Waals surface area contributed by atoms with Crippen LogP contribution in [0.15, 0.2) is 0 Å². The monoisotopic (exact) mass is 272 g/mol. The van der Waals surface area contributed by atoms with E-state index in [0.29, 0.717) is 0 Å². The van der Waals surface area contributed by atoms with E-state index >= 15 is 0 Å². The number of carbonyl (C=O) groups is 3. The van der Waals surface area contributed by atoms with Gasteiger partial charge in [0.15, 0.2) is 5.92 Å². The lowest BCUT2D eigenvalue weighted by Crippen LogP contribution is -2.45. The van der Waals surface area contributed by atoms with Crippen molar-refractivity contribution < 1.29 is 29.0 Å². The summed E-state index contributed by atoms with van der Waals surface area (Å²) < 4.78 is 10.0. The minimum Gasteiger partial charge on any atom is -0.481 e. The first kappa shape index (κ1) is 15.5. The lowest BCUT2D eigenvalue weighted by molar-refractivity contribution is -0.177. The van der Waals surface area contributed by atoms with Crippen molar-refractivity contribution in [2.75, 3.05) is 0 Å². The Labute approximate surface area is 112 Å². The molecular formula is C13H20O6. The Hall–Kier alpha value is -1.59. The summed E-state index contributed by atoms with van der Waals surface area (Å²) in [7, 11) is 0. The van der Waals surface area contributed by atoms with E-state index in [0.717, 1.165) is 12.8 Å². The summed E-state index contributed by atoms with van der Waals surface area (Å²) in [6.45, 7) is 6.01. The zero-order chi connectivity index (χ0) is 14.8. The molecule has 6 heteroatoms. The Bertz CT molecular complexity index is 381. The molecule has 0 aromatic carbocycles. The molecular weight excluding hydrogens is 252 g/mol. The molecule has 0 bridgehead atoms. The van der Waals surface area contributed by atoms with Gasteiger partial charge in [-0.1, -0.05) is 0 Å². The number of ether oxygens (including phenoxy) is 2. The fraction of sp³-hybridized carbons (Fsp3) is 0.769. The number of hydrogen-bond donors (Lipinski definition) is 1. The maximum Gasteiger partial charge on any atom is 0.321 e. The second kappa shape index (κ2) is 5.59. The van der Waals surface area contributed by atoms with Crippen LogP contribution in [-0.4, -0.2) is 35.2 Å². The first-order chi connectivity index (χ1) is 8.66. The number of carboxylic acids is 1. The molecule has 0 aromatic rings. The zero-order valence-corrected chi connectivity index (χ0v) is 11.6. The van der Waals surface area contributed by atoms with E-state index in [4.69, 9.17) is 9.47 Å². The van der Waals surface area contributed by atoms with Crippen LogP contribution < -0.4 is 0 Å². The lowest BCUT2D eigenvalue weighted by Gasteiger charge is -2.28. The van der Waals surface area contributed by atoms with Crippen molar-refractivity contribution in [2.24, 2.45) is 11.3 Å². The van der Waals surface area contributed by atoms with Gasteiger partial charge in [0, 0.05) is 0 Å². The fourth-order valence-electron chi connectivity index (χ4n) is 1.61. The van der Waals surface area contributed by atoms with Gasteiger partial charge in [0.1, 0.15) is 6.10 Å².